The van der Waals surface area contributed by atoms with Crippen molar-refractivity contribution in [2.45, 2.75) is 0 Å². The molecule has 0 unspecified atom stereocenters. The number of aromatic nitrogens is 3. The largest absolute Gasteiger partial charge is 0.481 e. The van der Waals surface area contributed by atoms with Crippen molar-refractivity contribution < 1.29 is 33.0 Å². The third-order valence-electron chi connectivity index (χ3n) is 3.65. The Labute approximate surface area is 179 Å². The molecule has 0 fully saturated rings. The van der Waals surface area contributed by atoms with Crippen molar-refractivity contribution in [2.75, 3.05) is 17.7 Å². The molecule has 12 nitrogen and oxygen atoms in total. The van der Waals surface area contributed by atoms with Gasteiger partial charge in [0.15, 0.2) is 5.69 Å². The smallest absolute Gasteiger partial charge is 0.412 e. The van der Waals surface area contributed by atoms with E-state index in [-0.39, 0.29) is 34.6 Å². The van der Waals surface area contributed by atoms with Crippen LogP contribution in [0.3, 0.4) is 0 Å². The quantitative estimate of drug-likeness (QED) is 0.384. The van der Waals surface area contributed by atoms with Crippen LogP contribution in [-0.2, 0) is 4.74 Å². The van der Waals surface area contributed by atoms with Crippen molar-refractivity contribution in [3.8, 4) is 17.4 Å². The molecule has 0 aliphatic carbocycles. The Morgan fingerprint density at radius 3 is 2.50 bits per heavy atom. The summed E-state index contributed by atoms with van der Waals surface area (Å²) in [6.07, 6.45) is 1.14. The molecule has 13 heteroatoms. The minimum absolute atomic E-state index is 0.0643. The minimum atomic E-state index is -1.28. The lowest BCUT2D eigenvalue weighted by molar-refractivity contribution is 0.0631. The number of methoxy groups -OCH3 is 1. The number of ether oxygens (including phenoxy) is 3. The number of esters is 1. The average Bonchev–Trinajstić information content (AvgIpc) is 2.75. The van der Waals surface area contributed by atoms with Gasteiger partial charge in [-0.05, 0) is 18.2 Å². The zero-order valence-corrected chi connectivity index (χ0v) is 16.4. The van der Waals surface area contributed by atoms with Gasteiger partial charge in [-0.3, -0.25) is 5.32 Å². The highest BCUT2D eigenvalue weighted by Gasteiger charge is 2.14. The Bertz CT molecular complexity index is 1170. The van der Waals surface area contributed by atoms with E-state index in [0.29, 0.717) is 0 Å². The Balaban J connectivity index is 1.65. The second-order valence-electron chi connectivity index (χ2n) is 5.85. The molecule has 3 amide bonds. The van der Waals surface area contributed by atoms with Gasteiger partial charge >= 0.3 is 18.1 Å². The van der Waals surface area contributed by atoms with Crippen LogP contribution in [0.15, 0.2) is 48.9 Å². The fourth-order valence-electron chi connectivity index (χ4n) is 2.32. The molecule has 2 heterocycles. The molecular formula is C19H15FN6O6. The maximum Gasteiger partial charge on any atom is 0.412 e. The fourth-order valence-corrected chi connectivity index (χ4v) is 2.32. The number of anilines is 2. The molecule has 4 N–H and O–H groups in total. The van der Waals surface area contributed by atoms with E-state index < -0.39 is 23.9 Å². The Morgan fingerprint density at radius 1 is 1.00 bits per heavy atom. The molecule has 0 saturated heterocycles. The van der Waals surface area contributed by atoms with Crippen LogP contribution in [0.1, 0.15) is 10.5 Å². The number of carbonyl (C=O) groups excluding carboxylic acids is 3. The lowest BCUT2D eigenvalue weighted by atomic mass is 10.3. The Kier molecular flexibility index (Phi) is 6.70. The van der Waals surface area contributed by atoms with Gasteiger partial charge in [-0.2, -0.15) is 0 Å². The van der Waals surface area contributed by atoms with E-state index in [9.17, 15) is 18.8 Å². The predicted octanol–water partition coefficient (Wildman–Crippen LogP) is 2.69. The number of nitrogens with two attached hydrogens (primary N) is 1. The summed E-state index contributed by atoms with van der Waals surface area (Å²) < 4.78 is 29.0. The van der Waals surface area contributed by atoms with E-state index in [1.807, 2.05) is 0 Å². The number of benzene rings is 1. The maximum atomic E-state index is 14.4. The van der Waals surface area contributed by atoms with Crippen molar-refractivity contribution in [2.24, 2.45) is 5.73 Å². The second kappa shape index (κ2) is 9.80. The summed E-state index contributed by atoms with van der Waals surface area (Å²) in [6, 6.07) is 6.89. The Morgan fingerprint density at radius 2 is 1.78 bits per heavy atom. The number of amides is 3. The standard InChI is InChI=1S/C19H15FN6O6/c1-30-16-8-15(23-9-24-16)26-19(29)25-13-3-2-10(6-12(13)20)31-11-4-5-22-14(7-11)17(27)32-18(21)28/h2-9H,1H3,(H2,21,28)(H2,23,24,25,26,29). The molecule has 0 spiro atoms. The SMILES string of the molecule is COc1cc(NC(=O)Nc2ccc(Oc3ccnc(C(=O)OC(N)=O)c3)cc2F)ncn1. The summed E-state index contributed by atoms with van der Waals surface area (Å²) in [5.41, 5.74) is 4.42. The van der Waals surface area contributed by atoms with E-state index in [2.05, 4.69) is 30.3 Å². The number of urea groups is 1. The third kappa shape index (κ3) is 5.85. The lowest BCUT2D eigenvalue weighted by Crippen LogP contribution is -2.20. The van der Waals surface area contributed by atoms with Crippen LogP contribution in [0, 0.1) is 5.82 Å². The van der Waals surface area contributed by atoms with Crippen LogP contribution in [0.4, 0.5) is 25.5 Å². The summed E-state index contributed by atoms with van der Waals surface area (Å²) in [6.45, 7) is 0. The van der Waals surface area contributed by atoms with Gasteiger partial charge in [0.1, 0.15) is 29.5 Å². The summed E-state index contributed by atoms with van der Waals surface area (Å²) in [5.74, 6) is -1.29. The average molecular weight is 442 g/mol. The number of pyridine rings is 1. The van der Waals surface area contributed by atoms with Crippen LogP contribution in [-0.4, -0.2) is 40.2 Å². The Hall–Kier alpha value is -4.81. The minimum Gasteiger partial charge on any atom is -0.481 e. The molecule has 2 aromatic heterocycles. The van der Waals surface area contributed by atoms with Crippen molar-refractivity contribution in [1.82, 2.24) is 15.0 Å². The first-order valence-corrected chi connectivity index (χ1v) is 8.73. The van der Waals surface area contributed by atoms with Gasteiger partial charge in [0.25, 0.3) is 0 Å². The van der Waals surface area contributed by atoms with E-state index in [1.54, 1.807) is 0 Å². The number of nitrogens with one attached hydrogen (secondary N) is 2. The molecule has 3 aromatic rings. The normalized spacial score (nSPS) is 10.1. The van der Waals surface area contributed by atoms with Gasteiger partial charge in [-0.15, -0.1) is 0 Å². The summed E-state index contributed by atoms with van der Waals surface area (Å²) in [7, 11) is 1.41. The zero-order chi connectivity index (χ0) is 23.1. The second-order valence-corrected chi connectivity index (χ2v) is 5.85. The van der Waals surface area contributed by atoms with Crippen LogP contribution in [0.25, 0.3) is 0 Å². The molecule has 0 bridgehead atoms. The first-order valence-electron chi connectivity index (χ1n) is 8.73. The molecule has 1 aromatic carbocycles. The van der Waals surface area contributed by atoms with Gasteiger partial charge in [0.2, 0.25) is 5.88 Å². The highest BCUT2D eigenvalue weighted by atomic mass is 19.1. The van der Waals surface area contributed by atoms with Crippen LogP contribution in [0.2, 0.25) is 0 Å². The van der Waals surface area contributed by atoms with Crippen LogP contribution < -0.4 is 25.8 Å². The molecule has 0 atom stereocenters. The van der Waals surface area contributed by atoms with Gasteiger partial charge in [-0.1, -0.05) is 0 Å². The molecule has 3 rings (SSSR count). The molecule has 164 valence electrons. The number of primary amides is 1. The number of rotatable bonds is 6. The van der Waals surface area contributed by atoms with Crippen molar-refractivity contribution >= 4 is 29.6 Å². The van der Waals surface area contributed by atoms with E-state index in [1.165, 1.54) is 50.0 Å². The van der Waals surface area contributed by atoms with E-state index in [4.69, 9.17) is 15.2 Å². The summed E-state index contributed by atoms with van der Waals surface area (Å²) in [5, 5.41) is 4.75. The number of hydrogen-bond donors (Lipinski definition) is 3. The number of nitrogens with zero attached hydrogens (tertiary/aromatic N) is 3. The zero-order valence-electron chi connectivity index (χ0n) is 16.4. The molecule has 0 radical (unpaired) electrons. The molecule has 0 aliphatic rings. The maximum absolute atomic E-state index is 14.4. The third-order valence-corrected chi connectivity index (χ3v) is 3.65. The number of hydrogen-bond acceptors (Lipinski definition) is 9. The van der Waals surface area contributed by atoms with E-state index in [0.717, 1.165) is 6.07 Å². The van der Waals surface area contributed by atoms with Gasteiger partial charge in [0, 0.05) is 24.4 Å². The fraction of sp³-hybridized carbons (Fsp3) is 0.0526. The molecule has 32 heavy (non-hydrogen) atoms. The van der Waals surface area contributed by atoms with Gasteiger partial charge < -0.3 is 25.3 Å². The first-order chi connectivity index (χ1) is 15.3. The molecular weight excluding hydrogens is 427 g/mol. The lowest BCUT2D eigenvalue weighted by Gasteiger charge is -2.10. The van der Waals surface area contributed by atoms with Crippen molar-refractivity contribution in [1.29, 1.82) is 0 Å². The van der Waals surface area contributed by atoms with Gasteiger partial charge in [-0.25, -0.2) is 33.7 Å². The monoisotopic (exact) mass is 442 g/mol. The molecule has 0 aliphatic heterocycles. The number of carbonyl (C=O) groups is 3. The van der Waals surface area contributed by atoms with E-state index >= 15 is 0 Å². The molecule has 0 saturated carbocycles. The topological polar surface area (TPSA) is 168 Å². The summed E-state index contributed by atoms with van der Waals surface area (Å²) >= 11 is 0. The van der Waals surface area contributed by atoms with Crippen molar-refractivity contribution in [3.63, 3.8) is 0 Å². The predicted molar refractivity (Wildman–Crippen MR) is 107 cm³/mol. The van der Waals surface area contributed by atoms with Crippen molar-refractivity contribution in [3.05, 3.63) is 60.4 Å². The highest BCUT2D eigenvalue weighted by Crippen LogP contribution is 2.26. The highest BCUT2D eigenvalue weighted by molar-refractivity contribution is 5.99. The van der Waals surface area contributed by atoms with Crippen LogP contribution >= 0.6 is 0 Å². The van der Waals surface area contributed by atoms with Gasteiger partial charge in [0.05, 0.1) is 12.8 Å². The van der Waals surface area contributed by atoms with Crippen LogP contribution in [0.5, 0.6) is 17.4 Å². The number of halogens is 1. The summed E-state index contributed by atoms with van der Waals surface area (Å²) in [4.78, 5) is 45.8. The first kappa shape index (κ1) is 21.9.